The van der Waals surface area contributed by atoms with E-state index < -0.39 is 97.5 Å². The molecule has 0 bridgehead atoms. The quantitative estimate of drug-likeness (QED) is 0.0169. The Hall–Kier alpha value is -5.32. The smallest absolute Gasteiger partial charge is 0.462 e. The highest BCUT2D eigenvalue weighted by atomic mass is 31.2. The molecule has 0 aromatic carbocycles. The fourth-order valence-corrected chi connectivity index (χ4v) is 11.9. The van der Waals surface area contributed by atoms with Gasteiger partial charge in [0.2, 0.25) is 0 Å². The molecule has 0 aliphatic carbocycles. The number of hydrogen-bond acceptors (Lipinski definition) is 15. The van der Waals surface area contributed by atoms with Crippen molar-refractivity contribution in [2.75, 3.05) is 39.6 Å². The zero-order valence-corrected chi connectivity index (χ0v) is 67.8. The van der Waals surface area contributed by atoms with Gasteiger partial charge in [-0.1, -0.05) is 269 Å². The molecule has 0 saturated heterocycles. The van der Waals surface area contributed by atoms with Crippen molar-refractivity contribution in [2.45, 2.75) is 329 Å². The number of aliphatic hydroxyl groups excluding tert-OH is 1. The van der Waals surface area contributed by atoms with Crippen LogP contribution in [0.25, 0.3) is 0 Å². The first-order chi connectivity index (χ1) is 51.7. The van der Waals surface area contributed by atoms with Crippen LogP contribution in [0.3, 0.4) is 0 Å². The summed E-state index contributed by atoms with van der Waals surface area (Å²) in [6.07, 6.45) is 90.7. The summed E-state index contributed by atoms with van der Waals surface area (Å²) in [5.74, 6) is -2.28. The monoisotopic (exact) mass is 1520 g/mol. The first-order valence-corrected chi connectivity index (χ1v) is 43.7. The average Bonchev–Trinajstić information content (AvgIpc) is 0.928. The predicted octanol–water partition coefficient (Wildman–Crippen LogP) is 24.0. The van der Waals surface area contributed by atoms with E-state index in [1.807, 2.05) is 0 Å². The van der Waals surface area contributed by atoms with Crippen molar-refractivity contribution in [1.82, 2.24) is 0 Å². The molecule has 0 saturated carbocycles. The predicted molar refractivity (Wildman–Crippen MR) is 436 cm³/mol. The number of carbonyl (C=O) groups excluding carboxylic acids is 4. The summed E-state index contributed by atoms with van der Waals surface area (Å²) in [5, 5.41) is 10.7. The van der Waals surface area contributed by atoms with Gasteiger partial charge in [0.25, 0.3) is 0 Å². The summed E-state index contributed by atoms with van der Waals surface area (Å²) in [5.41, 5.74) is 0. The van der Waals surface area contributed by atoms with Gasteiger partial charge in [0, 0.05) is 25.7 Å². The number of phosphoric acid groups is 2. The largest absolute Gasteiger partial charge is 0.472 e. The van der Waals surface area contributed by atoms with Crippen molar-refractivity contribution in [3.8, 4) is 0 Å². The molecule has 106 heavy (non-hydrogen) atoms. The van der Waals surface area contributed by atoms with Crippen molar-refractivity contribution in [2.24, 2.45) is 0 Å². The maximum atomic E-state index is 13.1. The molecular formula is C87H144O17P2. The second-order valence-corrected chi connectivity index (χ2v) is 29.5. The van der Waals surface area contributed by atoms with E-state index in [1.54, 1.807) is 0 Å². The minimum Gasteiger partial charge on any atom is -0.462 e. The topological polar surface area (TPSA) is 237 Å². The molecule has 17 nitrogen and oxygen atoms in total. The molecule has 0 rings (SSSR count). The Morgan fingerprint density at radius 1 is 0.274 bits per heavy atom. The van der Waals surface area contributed by atoms with Gasteiger partial charge in [-0.25, -0.2) is 9.13 Å². The van der Waals surface area contributed by atoms with Gasteiger partial charge in [0.1, 0.15) is 19.3 Å². The van der Waals surface area contributed by atoms with E-state index in [1.165, 1.54) is 38.5 Å². The number of esters is 4. The lowest BCUT2D eigenvalue weighted by molar-refractivity contribution is -0.161. The lowest BCUT2D eigenvalue weighted by Crippen LogP contribution is -2.30. The van der Waals surface area contributed by atoms with Crippen LogP contribution in [0.1, 0.15) is 310 Å². The van der Waals surface area contributed by atoms with Crippen LogP contribution < -0.4 is 0 Å². The lowest BCUT2D eigenvalue weighted by Gasteiger charge is -2.21. The number of rotatable bonds is 75. The zero-order chi connectivity index (χ0) is 77.4. The Morgan fingerprint density at radius 3 is 0.774 bits per heavy atom. The van der Waals surface area contributed by atoms with E-state index in [2.05, 4.69) is 186 Å². The molecule has 0 radical (unpaired) electrons. The maximum Gasteiger partial charge on any atom is 0.472 e. The normalized spacial score (nSPS) is 14.7. The molecule has 0 amide bonds. The molecule has 5 atom stereocenters. The van der Waals surface area contributed by atoms with Gasteiger partial charge in [-0.15, -0.1) is 0 Å². The van der Waals surface area contributed by atoms with Crippen molar-refractivity contribution in [3.63, 3.8) is 0 Å². The number of allylic oxidation sites excluding steroid dienone is 26. The maximum absolute atomic E-state index is 13.1. The highest BCUT2D eigenvalue weighted by Crippen LogP contribution is 2.45. The van der Waals surface area contributed by atoms with Gasteiger partial charge >= 0.3 is 39.5 Å². The average molecular weight is 1520 g/mol. The van der Waals surface area contributed by atoms with Gasteiger partial charge in [0.15, 0.2) is 12.2 Å². The third-order valence-electron chi connectivity index (χ3n) is 16.5. The van der Waals surface area contributed by atoms with Crippen LogP contribution in [0, 0.1) is 0 Å². The van der Waals surface area contributed by atoms with Gasteiger partial charge < -0.3 is 33.8 Å². The number of hydrogen-bond donors (Lipinski definition) is 3. The van der Waals surface area contributed by atoms with E-state index >= 15 is 0 Å². The summed E-state index contributed by atoms with van der Waals surface area (Å²) < 4.78 is 68.6. The standard InChI is InChI=1S/C87H144O17P2/c1-5-9-13-17-21-25-29-33-37-39-40-42-46-48-52-56-60-64-68-72-85(90)98-78-83(104-87(92)74-70-66-62-58-54-50-44-36-32-28-24-20-16-12-8-4)80-102-106(95,96)100-76-81(88)75-99-105(93,94)101-79-82(103-86(91)73-69-65-61-57-53-49-43-35-31-27-23-19-15-11-7-3)77-97-84(89)71-67-63-59-55-51-47-45-41-38-34-30-26-22-18-14-10-6-2/h10,12,14,16,21-28,33-38,40,42-45,47,54,58,81-83,88H,5-9,11,13,15,17-20,29-32,39,41,46,48-53,55-57,59-80H2,1-4H3,(H,93,94)(H,95,96)/b14-10-,16-12-,25-21-,26-22-,27-23-,28-24-,37-33-,38-34-,42-40-,43-35-,44-36-,47-45-,58-54-. The molecule has 0 aromatic rings. The minimum absolute atomic E-state index is 0.0341. The summed E-state index contributed by atoms with van der Waals surface area (Å²) >= 11 is 0. The Labute approximate surface area is 642 Å². The molecule has 0 spiro atoms. The molecule has 0 heterocycles. The Bertz CT molecular complexity index is 2630. The van der Waals surface area contributed by atoms with Crippen LogP contribution in [0.4, 0.5) is 0 Å². The first-order valence-electron chi connectivity index (χ1n) is 40.7. The number of aliphatic hydroxyl groups is 1. The van der Waals surface area contributed by atoms with Crippen LogP contribution in [0.5, 0.6) is 0 Å². The summed E-state index contributed by atoms with van der Waals surface area (Å²) in [6.45, 7) is 4.49. The third-order valence-corrected chi connectivity index (χ3v) is 18.4. The molecule has 0 aliphatic rings. The molecule has 604 valence electrons. The first kappa shape index (κ1) is 101. The summed E-state index contributed by atoms with van der Waals surface area (Å²) in [7, 11) is -10.00. The molecule has 0 aromatic heterocycles. The highest BCUT2D eigenvalue weighted by Gasteiger charge is 2.30. The molecule has 19 heteroatoms. The van der Waals surface area contributed by atoms with Gasteiger partial charge in [0.05, 0.1) is 26.4 Å². The third kappa shape index (κ3) is 76.9. The van der Waals surface area contributed by atoms with E-state index in [4.69, 9.17) is 37.0 Å². The molecule has 3 N–H and O–H groups in total. The zero-order valence-electron chi connectivity index (χ0n) is 66.1. The van der Waals surface area contributed by atoms with Gasteiger partial charge in [-0.2, -0.15) is 0 Å². The van der Waals surface area contributed by atoms with Crippen LogP contribution in [-0.4, -0.2) is 96.7 Å². The fourth-order valence-electron chi connectivity index (χ4n) is 10.3. The summed E-state index contributed by atoms with van der Waals surface area (Å²) in [6, 6.07) is 0. The minimum atomic E-state index is -5.00. The van der Waals surface area contributed by atoms with E-state index in [-0.39, 0.29) is 25.7 Å². The van der Waals surface area contributed by atoms with Crippen molar-refractivity contribution < 1.29 is 80.2 Å². The van der Waals surface area contributed by atoms with Crippen molar-refractivity contribution in [1.29, 1.82) is 0 Å². The summed E-state index contributed by atoms with van der Waals surface area (Å²) in [4.78, 5) is 73.1. The fraction of sp³-hybridized carbons (Fsp3) is 0.655. The van der Waals surface area contributed by atoms with E-state index in [0.717, 1.165) is 186 Å². The molecular weight excluding hydrogens is 1380 g/mol. The van der Waals surface area contributed by atoms with Crippen LogP contribution in [0.2, 0.25) is 0 Å². The molecule has 0 aliphatic heterocycles. The number of carbonyl (C=O) groups is 4. The lowest BCUT2D eigenvalue weighted by atomic mass is 10.1. The number of unbranched alkanes of at least 4 members (excludes halogenated alkanes) is 23. The number of ether oxygens (including phenoxy) is 4. The van der Waals surface area contributed by atoms with Crippen LogP contribution in [-0.2, 0) is 65.4 Å². The van der Waals surface area contributed by atoms with Gasteiger partial charge in [-0.05, 0) is 173 Å². The van der Waals surface area contributed by atoms with E-state index in [9.17, 15) is 43.2 Å². The molecule has 0 fully saturated rings. The Kier molecular flexibility index (Phi) is 73.9. The van der Waals surface area contributed by atoms with Crippen molar-refractivity contribution >= 4 is 39.5 Å². The number of phosphoric ester groups is 2. The van der Waals surface area contributed by atoms with Crippen LogP contribution >= 0.6 is 15.6 Å². The Balaban J connectivity index is 5.45. The highest BCUT2D eigenvalue weighted by molar-refractivity contribution is 7.47. The Morgan fingerprint density at radius 2 is 0.491 bits per heavy atom. The second kappa shape index (κ2) is 77.8. The molecule has 5 unspecified atom stereocenters. The second-order valence-electron chi connectivity index (χ2n) is 26.6. The SMILES string of the molecule is CC/C=C\C/C=C\C/C=C\C/C=C\CCCCCCC(=O)OCC(COP(=O)(O)OCC(O)COP(=O)(O)OCC(COC(=O)CCCCCCCC/C=C\C/C=C\C/C=C\CCCCC)OC(=O)CCCC/C=C\C/C=C\C/C=C\C/C=C\CC)OC(=O)CCCCCCC/C=C\C/C=C\CCCCC. The van der Waals surface area contributed by atoms with Crippen molar-refractivity contribution in [3.05, 3.63) is 158 Å². The van der Waals surface area contributed by atoms with E-state index in [0.29, 0.717) is 32.1 Å². The van der Waals surface area contributed by atoms with Crippen LogP contribution in [0.15, 0.2) is 158 Å². The van der Waals surface area contributed by atoms with Gasteiger partial charge in [-0.3, -0.25) is 37.3 Å².